The Morgan fingerprint density at radius 2 is 1.94 bits per heavy atom. The highest BCUT2D eigenvalue weighted by molar-refractivity contribution is 6.04. The molecular formula is C24H21N3O6. The summed E-state index contributed by atoms with van der Waals surface area (Å²) in [4.78, 5) is 29.6. The number of furan rings is 1. The third kappa shape index (κ3) is 3.71. The Bertz CT molecular complexity index is 1550. The molecule has 1 aromatic carbocycles. The van der Waals surface area contributed by atoms with E-state index in [0.29, 0.717) is 52.2 Å². The number of para-hydroxylation sites is 2. The number of pyridine rings is 1. The van der Waals surface area contributed by atoms with E-state index in [-0.39, 0.29) is 12.3 Å². The average Bonchev–Trinajstić information content (AvgIpc) is 3.44. The van der Waals surface area contributed by atoms with Crippen LogP contribution in [0.3, 0.4) is 0 Å². The first kappa shape index (κ1) is 20.7. The fraction of sp³-hybridized carbons (Fsp3) is 0.250. The number of rotatable bonds is 6. The van der Waals surface area contributed by atoms with Crippen LogP contribution in [0.15, 0.2) is 54.6 Å². The van der Waals surface area contributed by atoms with Gasteiger partial charge in [-0.15, -0.1) is 0 Å². The van der Waals surface area contributed by atoms with Crippen molar-refractivity contribution in [2.75, 3.05) is 6.61 Å². The van der Waals surface area contributed by atoms with Gasteiger partial charge >= 0.3 is 11.7 Å². The number of aryl methyl sites for hydroxylation is 4. The summed E-state index contributed by atoms with van der Waals surface area (Å²) >= 11 is 0. The molecule has 0 spiro atoms. The van der Waals surface area contributed by atoms with Gasteiger partial charge in [0, 0.05) is 12.1 Å². The summed E-state index contributed by atoms with van der Waals surface area (Å²) in [7, 11) is 0. The predicted octanol–water partition coefficient (Wildman–Crippen LogP) is 4.56. The number of hydrogen-bond donors (Lipinski definition) is 0. The molecule has 0 radical (unpaired) electrons. The molecule has 4 heterocycles. The lowest BCUT2D eigenvalue weighted by molar-refractivity contribution is 0.0498. The molecule has 0 saturated heterocycles. The van der Waals surface area contributed by atoms with Crippen molar-refractivity contribution < 1.29 is 22.9 Å². The van der Waals surface area contributed by atoms with E-state index in [0.717, 1.165) is 11.3 Å². The highest BCUT2D eigenvalue weighted by atomic mass is 16.5. The first-order valence-electron chi connectivity index (χ1n) is 10.5. The third-order valence-electron chi connectivity index (χ3n) is 5.49. The molecule has 0 fully saturated rings. The van der Waals surface area contributed by atoms with Crippen molar-refractivity contribution in [3.05, 3.63) is 69.7 Å². The maximum atomic E-state index is 13.0. The summed E-state index contributed by atoms with van der Waals surface area (Å²) in [6.45, 7) is 5.91. The Morgan fingerprint density at radius 3 is 2.73 bits per heavy atom. The summed E-state index contributed by atoms with van der Waals surface area (Å²) in [5.74, 6) is 0.475. The molecule has 0 atom stereocenters. The van der Waals surface area contributed by atoms with Gasteiger partial charge in [-0.1, -0.05) is 17.3 Å². The summed E-state index contributed by atoms with van der Waals surface area (Å²) in [5, 5.41) is 4.47. The van der Waals surface area contributed by atoms with Crippen LogP contribution in [0.25, 0.3) is 33.5 Å². The second-order valence-electron chi connectivity index (χ2n) is 7.81. The average molecular weight is 447 g/mol. The fourth-order valence-electron chi connectivity index (χ4n) is 3.97. The zero-order valence-corrected chi connectivity index (χ0v) is 18.4. The number of oxazole rings is 1. The number of esters is 1. The van der Waals surface area contributed by atoms with Gasteiger partial charge in [0.1, 0.15) is 11.5 Å². The predicted molar refractivity (Wildman–Crippen MR) is 119 cm³/mol. The van der Waals surface area contributed by atoms with Gasteiger partial charge in [-0.05, 0) is 51.5 Å². The normalized spacial score (nSPS) is 11.5. The lowest BCUT2D eigenvalue weighted by atomic mass is 10.1. The maximum Gasteiger partial charge on any atom is 0.419 e. The number of hydrogen-bond acceptors (Lipinski definition) is 8. The molecule has 0 aliphatic rings. The van der Waals surface area contributed by atoms with Crippen LogP contribution in [0.4, 0.5) is 0 Å². The highest BCUT2D eigenvalue weighted by Gasteiger charge is 2.22. The molecule has 33 heavy (non-hydrogen) atoms. The van der Waals surface area contributed by atoms with Crippen LogP contribution < -0.4 is 5.76 Å². The van der Waals surface area contributed by atoms with E-state index in [4.69, 9.17) is 18.1 Å². The number of carbonyl (C=O) groups excluding carboxylic acids is 1. The molecule has 0 aliphatic carbocycles. The number of aromatic nitrogens is 3. The molecule has 168 valence electrons. The Morgan fingerprint density at radius 1 is 1.12 bits per heavy atom. The van der Waals surface area contributed by atoms with E-state index >= 15 is 0 Å². The topological polar surface area (TPSA) is 114 Å². The Kier molecular flexibility index (Phi) is 5.08. The van der Waals surface area contributed by atoms with E-state index in [1.165, 1.54) is 4.57 Å². The number of carbonyl (C=O) groups is 1. The quantitative estimate of drug-likeness (QED) is 0.275. The smallest absolute Gasteiger partial charge is 0.419 e. The number of benzene rings is 1. The van der Waals surface area contributed by atoms with E-state index in [1.807, 2.05) is 32.0 Å². The van der Waals surface area contributed by atoms with Crippen LogP contribution in [0, 0.1) is 20.8 Å². The first-order chi connectivity index (χ1) is 15.9. The Hall–Kier alpha value is -4.14. The zero-order valence-electron chi connectivity index (χ0n) is 18.4. The number of ether oxygens (including phenoxy) is 1. The minimum atomic E-state index is -0.516. The van der Waals surface area contributed by atoms with Gasteiger partial charge in [-0.3, -0.25) is 4.57 Å². The zero-order chi connectivity index (χ0) is 23.1. The fourth-order valence-corrected chi connectivity index (χ4v) is 3.97. The van der Waals surface area contributed by atoms with Gasteiger partial charge in [-0.25, -0.2) is 14.6 Å². The van der Waals surface area contributed by atoms with Gasteiger partial charge in [0.05, 0.1) is 34.5 Å². The van der Waals surface area contributed by atoms with E-state index < -0.39 is 11.7 Å². The van der Waals surface area contributed by atoms with Gasteiger partial charge < -0.3 is 18.1 Å². The second kappa shape index (κ2) is 8.09. The largest absolute Gasteiger partial charge is 0.466 e. The second-order valence-corrected chi connectivity index (χ2v) is 7.81. The Balaban J connectivity index is 1.37. The Labute approximate surface area is 187 Å². The molecular weight excluding hydrogens is 426 g/mol. The third-order valence-corrected chi connectivity index (χ3v) is 5.49. The van der Waals surface area contributed by atoms with Crippen molar-refractivity contribution >= 4 is 28.2 Å². The van der Waals surface area contributed by atoms with Crippen molar-refractivity contribution in [1.82, 2.24) is 14.7 Å². The van der Waals surface area contributed by atoms with E-state index in [2.05, 4.69) is 10.1 Å². The van der Waals surface area contributed by atoms with E-state index in [9.17, 15) is 9.59 Å². The monoisotopic (exact) mass is 447 g/mol. The molecule has 0 unspecified atom stereocenters. The standard InChI is InChI=1S/C24H21N3O6/c1-13-11-16(15(3)31-13)18-12-17(21-14(2)26-33-22(21)25-18)23(28)30-10-6-9-27-19-7-4-5-8-20(19)32-24(27)29/h4-5,7-8,11-12H,6,9-10H2,1-3H3. The van der Waals surface area contributed by atoms with Crippen LogP contribution in [-0.2, 0) is 11.3 Å². The summed E-state index contributed by atoms with van der Waals surface area (Å²) < 4.78 is 23.2. The molecule has 0 aliphatic heterocycles. The number of fused-ring (bicyclic) bond motifs is 2. The highest BCUT2D eigenvalue weighted by Crippen LogP contribution is 2.30. The lowest BCUT2D eigenvalue weighted by Gasteiger charge is -2.08. The first-order valence-corrected chi connectivity index (χ1v) is 10.5. The van der Waals surface area contributed by atoms with Crippen molar-refractivity contribution in [1.29, 1.82) is 0 Å². The molecule has 0 N–H and O–H groups in total. The molecule has 0 amide bonds. The minimum absolute atomic E-state index is 0.123. The van der Waals surface area contributed by atoms with Crippen LogP contribution in [-0.4, -0.2) is 27.3 Å². The molecule has 5 aromatic rings. The van der Waals surface area contributed by atoms with Crippen molar-refractivity contribution in [3.63, 3.8) is 0 Å². The SMILES string of the molecule is Cc1cc(-c2cc(C(=O)OCCCn3c(=O)oc4ccccc43)c3c(C)noc3n2)c(C)o1. The van der Waals surface area contributed by atoms with Gasteiger partial charge in [-0.2, -0.15) is 0 Å². The van der Waals surface area contributed by atoms with E-state index in [1.54, 1.807) is 25.1 Å². The molecule has 0 saturated carbocycles. The van der Waals surface area contributed by atoms with Crippen molar-refractivity contribution in [3.8, 4) is 11.3 Å². The molecule has 9 nitrogen and oxygen atoms in total. The lowest BCUT2D eigenvalue weighted by Crippen LogP contribution is -2.16. The van der Waals surface area contributed by atoms with Crippen LogP contribution >= 0.6 is 0 Å². The van der Waals surface area contributed by atoms with Gasteiger partial charge in [0.25, 0.3) is 5.71 Å². The van der Waals surface area contributed by atoms with Gasteiger partial charge in [0.2, 0.25) is 0 Å². The van der Waals surface area contributed by atoms with Crippen LogP contribution in [0.5, 0.6) is 0 Å². The molecule has 9 heteroatoms. The van der Waals surface area contributed by atoms with Crippen LogP contribution in [0.2, 0.25) is 0 Å². The molecule has 0 bridgehead atoms. The minimum Gasteiger partial charge on any atom is -0.466 e. The maximum absolute atomic E-state index is 13.0. The molecule has 5 rings (SSSR count). The summed E-state index contributed by atoms with van der Waals surface area (Å²) in [6.07, 6.45) is 0.443. The van der Waals surface area contributed by atoms with Crippen LogP contribution in [0.1, 0.15) is 34.0 Å². The number of nitrogens with zero attached hydrogens (tertiary/aromatic N) is 3. The van der Waals surface area contributed by atoms with Crippen molar-refractivity contribution in [2.45, 2.75) is 33.7 Å². The molecule has 4 aromatic heterocycles. The van der Waals surface area contributed by atoms with Gasteiger partial charge in [0.15, 0.2) is 5.58 Å². The summed E-state index contributed by atoms with van der Waals surface area (Å²) in [6, 6.07) is 10.7. The summed E-state index contributed by atoms with van der Waals surface area (Å²) in [5.41, 5.74) is 3.66. The van der Waals surface area contributed by atoms with Crippen molar-refractivity contribution in [2.24, 2.45) is 0 Å².